The molecule has 0 spiro atoms. The number of benzene rings is 1. The molecule has 1 aromatic carbocycles. The van der Waals surface area contributed by atoms with Gasteiger partial charge >= 0.3 is 5.69 Å². The van der Waals surface area contributed by atoms with E-state index in [1.54, 1.807) is 6.07 Å². The second-order valence-electron chi connectivity index (χ2n) is 8.24. The van der Waals surface area contributed by atoms with Crippen molar-refractivity contribution in [3.8, 4) is 5.75 Å². The third-order valence-electron chi connectivity index (χ3n) is 6.13. The Kier molecular flexibility index (Phi) is 8.19. The Balaban J connectivity index is 1.32. The molecule has 1 amide bonds. The van der Waals surface area contributed by atoms with Gasteiger partial charge in [-0.05, 0) is 63.0 Å². The Hall–Kier alpha value is -2.48. The molecule has 2 fully saturated rings. The van der Waals surface area contributed by atoms with Gasteiger partial charge in [-0.1, -0.05) is 18.9 Å². The van der Waals surface area contributed by atoms with Crippen molar-refractivity contribution in [3.05, 3.63) is 33.9 Å². The van der Waals surface area contributed by atoms with Gasteiger partial charge in [0.2, 0.25) is 5.91 Å². The molecule has 3 rings (SSSR count). The van der Waals surface area contributed by atoms with E-state index in [2.05, 4.69) is 10.6 Å². The summed E-state index contributed by atoms with van der Waals surface area (Å²) in [6.07, 6.45) is 10.5. The van der Waals surface area contributed by atoms with Crippen LogP contribution in [0.1, 0.15) is 74.6 Å². The third-order valence-corrected chi connectivity index (χ3v) is 6.13. The first kappa shape index (κ1) is 22.2. The fraction of sp³-hybridized carbons (Fsp3) is 0.636. The molecule has 1 aliphatic carbocycles. The molecule has 2 N–H and O–H groups in total. The predicted molar refractivity (Wildman–Crippen MR) is 112 cm³/mol. The lowest BCUT2D eigenvalue weighted by Crippen LogP contribution is -2.56. The van der Waals surface area contributed by atoms with Crippen LogP contribution in [0.2, 0.25) is 0 Å². The quantitative estimate of drug-likeness (QED) is 0.260. The normalized spacial score (nSPS) is 23.3. The van der Waals surface area contributed by atoms with Crippen LogP contribution in [0, 0.1) is 16.0 Å². The zero-order valence-corrected chi connectivity index (χ0v) is 17.3. The van der Waals surface area contributed by atoms with E-state index in [0.717, 1.165) is 25.2 Å². The van der Waals surface area contributed by atoms with E-state index < -0.39 is 4.92 Å². The molecular weight excluding hydrogens is 386 g/mol. The minimum absolute atomic E-state index is 0.00467. The van der Waals surface area contributed by atoms with Gasteiger partial charge in [-0.25, -0.2) is 0 Å². The van der Waals surface area contributed by atoms with Gasteiger partial charge in [0.15, 0.2) is 12.0 Å². The summed E-state index contributed by atoms with van der Waals surface area (Å²) >= 11 is 0. The van der Waals surface area contributed by atoms with Crippen molar-refractivity contribution in [2.45, 2.75) is 76.4 Å². The van der Waals surface area contributed by atoms with Crippen molar-refractivity contribution < 1.29 is 19.2 Å². The molecule has 0 aromatic heterocycles. The topological polar surface area (TPSA) is 111 Å². The Bertz CT molecular complexity index is 754. The number of nitrogens with zero attached hydrogens (tertiary/aromatic N) is 1. The Morgan fingerprint density at radius 1 is 1.20 bits per heavy atom. The molecule has 3 unspecified atom stereocenters. The molecule has 0 radical (unpaired) electrons. The number of unbranched alkanes of at least 4 members (excludes halogenated alkanes) is 2. The number of hydrogen-bond acceptors (Lipinski definition) is 6. The Labute approximate surface area is 176 Å². The van der Waals surface area contributed by atoms with Gasteiger partial charge in [0.05, 0.1) is 23.3 Å². The number of nitro benzene ring substituents is 1. The maximum absolute atomic E-state index is 12.2. The average Bonchev–Trinajstić information content (AvgIpc) is 2.75. The number of rotatable bonds is 10. The van der Waals surface area contributed by atoms with E-state index in [9.17, 15) is 19.7 Å². The summed E-state index contributed by atoms with van der Waals surface area (Å²) in [6, 6.07) is 5.00. The first-order chi connectivity index (χ1) is 14.6. The van der Waals surface area contributed by atoms with Crippen LogP contribution >= 0.6 is 0 Å². The summed E-state index contributed by atoms with van der Waals surface area (Å²) < 4.78 is 5.51. The lowest BCUT2D eigenvalue weighted by Gasteiger charge is -2.40. The number of aldehydes is 1. The van der Waals surface area contributed by atoms with Crippen LogP contribution in [0.5, 0.6) is 5.75 Å². The van der Waals surface area contributed by atoms with Gasteiger partial charge in [-0.3, -0.25) is 25.0 Å². The lowest BCUT2D eigenvalue weighted by atomic mass is 9.79. The maximum atomic E-state index is 12.2. The summed E-state index contributed by atoms with van der Waals surface area (Å²) in [5.74, 6) is 0.943. The molecule has 1 saturated heterocycles. The molecule has 1 aromatic rings. The number of amides is 1. The molecular formula is C22H31N3O5. The van der Waals surface area contributed by atoms with Crippen molar-refractivity contribution in [2.24, 2.45) is 5.92 Å². The van der Waals surface area contributed by atoms with E-state index in [4.69, 9.17) is 4.74 Å². The molecule has 8 heteroatoms. The molecule has 164 valence electrons. The van der Waals surface area contributed by atoms with Gasteiger partial charge in [0.1, 0.15) is 0 Å². The summed E-state index contributed by atoms with van der Waals surface area (Å²) in [5, 5.41) is 17.9. The molecule has 3 atom stereocenters. The predicted octanol–water partition coefficient (Wildman–Crippen LogP) is 3.73. The van der Waals surface area contributed by atoms with Gasteiger partial charge in [-0.2, -0.15) is 0 Å². The monoisotopic (exact) mass is 417 g/mol. The number of nitro groups is 1. The first-order valence-corrected chi connectivity index (χ1v) is 11.0. The van der Waals surface area contributed by atoms with Gasteiger partial charge in [0.25, 0.3) is 0 Å². The number of fused-ring (bicyclic) bond motifs is 1. The van der Waals surface area contributed by atoms with Crippen molar-refractivity contribution in [2.75, 3.05) is 6.61 Å². The van der Waals surface area contributed by atoms with E-state index in [1.165, 1.54) is 44.2 Å². The number of nitrogens with one attached hydrogen (secondary N) is 2. The minimum Gasteiger partial charge on any atom is -0.487 e. The van der Waals surface area contributed by atoms with E-state index >= 15 is 0 Å². The van der Waals surface area contributed by atoms with Gasteiger partial charge in [-0.15, -0.1) is 0 Å². The van der Waals surface area contributed by atoms with Crippen molar-refractivity contribution >= 4 is 17.9 Å². The van der Waals surface area contributed by atoms with E-state index in [1.807, 2.05) is 0 Å². The Morgan fingerprint density at radius 3 is 2.83 bits per heavy atom. The van der Waals surface area contributed by atoms with Crippen molar-refractivity contribution in [1.29, 1.82) is 0 Å². The van der Waals surface area contributed by atoms with E-state index in [0.29, 0.717) is 31.8 Å². The van der Waals surface area contributed by atoms with Crippen LogP contribution in [0.3, 0.4) is 0 Å². The van der Waals surface area contributed by atoms with Crippen molar-refractivity contribution in [1.82, 2.24) is 10.6 Å². The number of piperidine rings is 1. The second kappa shape index (κ2) is 11.1. The average molecular weight is 418 g/mol. The number of para-hydroxylation sites is 1. The molecule has 2 aliphatic rings. The van der Waals surface area contributed by atoms with Crippen molar-refractivity contribution in [3.63, 3.8) is 0 Å². The highest BCUT2D eigenvalue weighted by molar-refractivity contribution is 5.83. The molecule has 1 heterocycles. The summed E-state index contributed by atoms with van der Waals surface area (Å²) in [5.41, 5.74) is -0.294. The van der Waals surface area contributed by atoms with E-state index in [-0.39, 0.29) is 29.1 Å². The highest BCUT2D eigenvalue weighted by atomic mass is 16.6. The molecule has 8 nitrogen and oxygen atoms in total. The highest BCUT2D eigenvalue weighted by Crippen LogP contribution is 2.32. The summed E-state index contributed by atoms with van der Waals surface area (Å²) in [6.45, 7) is 0.304. The molecule has 30 heavy (non-hydrogen) atoms. The number of carbonyl (C=O) groups is 2. The largest absolute Gasteiger partial charge is 0.487 e. The summed E-state index contributed by atoms with van der Waals surface area (Å²) in [4.78, 5) is 33.8. The fourth-order valence-corrected chi connectivity index (χ4v) is 4.57. The smallest absolute Gasteiger partial charge is 0.321 e. The lowest BCUT2D eigenvalue weighted by molar-refractivity contribution is -0.386. The maximum Gasteiger partial charge on any atom is 0.321 e. The number of carbonyl (C=O) groups excluding carboxylic acids is 2. The third kappa shape index (κ3) is 6.01. The molecule has 0 bridgehead atoms. The van der Waals surface area contributed by atoms with Gasteiger partial charge in [0, 0.05) is 12.5 Å². The van der Waals surface area contributed by atoms with Gasteiger partial charge < -0.3 is 10.1 Å². The SMILES string of the molecule is O=Cc1cccc(OCCCCCC(=O)NC2CCC3CCCCC3N2)c1[N+](=O)[O-]. The van der Waals surface area contributed by atoms with Crippen LogP contribution in [-0.2, 0) is 4.79 Å². The van der Waals surface area contributed by atoms with Crippen LogP contribution in [0.25, 0.3) is 0 Å². The molecule has 1 saturated carbocycles. The Morgan fingerprint density at radius 2 is 2.03 bits per heavy atom. The zero-order chi connectivity index (χ0) is 21.3. The molecule has 1 aliphatic heterocycles. The number of hydrogen-bond donors (Lipinski definition) is 2. The number of ether oxygens (including phenoxy) is 1. The highest BCUT2D eigenvalue weighted by Gasteiger charge is 2.31. The zero-order valence-electron chi connectivity index (χ0n) is 17.3. The van der Waals surface area contributed by atoms with Crippen LogP contribution in [0.4, 0.5) is 5.69 Å². The summed E-state index contributed by atoms with van der Waals surface area (Å²) in [7, 11) is 0. The van der Waals surface area contributed by atoms with Crippen LogP contribution < -0.4 is 15.4 Å². The fourth-order valence-electron chi connectivity index (χ4n) is 4.57. The van der Waals surface area contributed by atoms with Crippen LogP contribution in [0.15, 0.2) is 18.2 Å². The standard InChI is InChI=1S/C22H31N3O5/c26-15-17-8-6-10-19(22(17)25(28)29)30-14-5-1-2-11-21(27)24-20-13-12-16-7-3-4-9-18(16)23-20/h6,8,10,15-16,18,20,23H,1-5,7,9,11-14H2,(H,24,27). The minimum atomic E-state index is -0.599. The second-order valence-corrected chi connectivity index (χ2v) is 8.24. The van der Waals surface area contributed by atoms with Crippen LogP contribution in [-0.4, -0.2) is 35.9 Å². The first-order valence-electron chi connectivity index (χ1n) is 11.0.